The summed E-state index contributed by atoms with van der Waals surface area (Å²) in [6.45, 7) is 4.87. The van der Waals surface area contributed by atoms with Crippen LogP contribution in [-0.4, -0.2) is 41.6 Å². The topological polar surface area (TPSA) is 69.6 Å². The molecule has 0 radical (unpaired) electrons. The summed E-state index contributed by atoms with van der Waals surface area (Å²) < 4.78 is 0. The Bertz CT molecular complexity index is 346. The Labute approximate surface area is 128 Å². The second-order valence-corrected chi connectivity index (χ2v) is 6.50. The van der Waals surface area contributed by atoms with Crippen LogP contribution in [0, 0.1) is 11.8 Å². The minimum Gasteiger partial charge on any atom is -0.481 e. The van der Waals surface area contributed by atoms with Crippen LogP contribution in [0.2, 0.25) is 0 Å². The van der Waals surface area contributed by atoms with Crippen LogP contribution in [0.4, 0.5) is 4.79 Å². The summed E-state index contributed by atoms with van der Waals surface area (Å²) in [4.78, 5) is 24.5. The highest BCUT2D eigenvalue weighted by Gasteiger charge is 2.27. The molecule has 5 heteroatoms. The summed E-state index contributed by atoms with van der Waals surface area (Å²) >= 11 is 0. The van der Waals surface area contributed by atoms with Crippen molar-refractivity contribution in [2.75, 3.05) is 13.6 Å². The Morgan fingerprint density at radius 1 is 1.29 bits per heavy atom. The van der Waals surface area contributed by atoms with Gasteiger partial charge in [-0.15, -0.1) is 0 Å². The van der Waals surface area contributed by atoms with Gasteiger partial charge >= 0.3 is 12.0 Å². The van der Waals surface area contributed by atoms with E-state index in [1.54, 1.807) is 0 Å². The van der Waals surface area contributed by atoms with E-state index >= 15 is 0 Å². The number of carbonyl (C=O) groups excluding carboxylic acids is 1. The number of urea groups is 1. The van der Waals surface area contributed by atoms with Gasteiger partial charge in [-0.05, 0) is 37.5 Å². The molecular weight excluding hydrogens is 268 g/mol. The maximum Gasteiger partial charge on any atom is 0.317 e. The van der Waals surface area contributed by atoms with Gasteiger partial charge < -0.3 is 15.3 Å². The van der Waals surface area contributed by atoms with E-state index in [-0.39, 0.29) is 12.5 Å². The van der Waals surface area contributed by atoms with E-state index in [1.807, 2.05) is 18.9 Å². The van der Waals surface area contributed by atoms with Crippen LogP contribution >= 0.6 is 0 Å². The molecular formula is C16H30N2O3. The zero-order chi connectivity index (χ0) is 15.8. The van der Waals surface area contributed by atoms with Gasteiger partial charge in [-0.3, -0.25) is 4.79 Å². The average molecular weight is 298 g/mol. The first-order chi connectivity index (χ1) is 9.91. The summed E-state index contributed by atoms with van der Waals surface area (Å²) in [5, 5.41) is 11.6. The molecule has 1 fully saturated rings. The summed E-state index contributed by atoms with van der Waals surface area (Å²) in [7, 11) is 1.88. The summed E-state index contributed by atoms with van der Waals surface area (Å²) in [6.07, 6.45) is 6.48. The van der Waals surface area contributed by atoms with Crippen LogP contribution < -0.4 is 5.32 Å². The quantitative estimate of drug-likeness (QED) is 0.759. The van der Waals surface area contributed by atoms with Gasteiger partial charge in [0.15, 0.2) is 0 Å². The Morgan fingerprint density at radius 2 is 1.95 bits per heavy atom. The molecule has 1 aliphatic rings. The number of carbonyl (C=O) groups is 2. The standard InChI is InChI=1S/C16H30N2O3/c1-12(8-9-15(19)20)10-11-17-16(21)18(3)14-7-5-4-6-13(14)2/h12-14H,4-11H2,1-3H3,(H,17,21)(H,19,20). The molecule has 0 bridgehead atoms. The highest BCUT2D eigenvalue weighted by Crippen LogP contribution is 2.27. The fourth-order valence-corrected chi connectivity index (χ4v) is 3.09. The van der Waals surface area contributed by atoms with Crippen molar-refractivity contribution in [3.05, 3.63) is 0 Å². The maximum atomic E-state index is 12.2. The molecule has 3 unspecified atom stereocenters. The van der Waals surface area contributed by atoms with Crippen LogP contribution in [0.5, 0.6) is 0 Å². The Balaban J connectivity index is 2.24. The fraction of sp³-hybridized carbons (Fsp3) is 0.875. The predicted octanol–water partition coefficient (Wildman–Crippen LogP) is 3.10. The lowest BCUT2D eigenvalue weighted by atomic mass is 9.85. The first-order valence-electron chi connectivity index (χ1n) is 8.14. The normalized spacial score (nSPS) is 23.4. The van der Waals surface area contributed by atoms with Gasteiger partial charge in [0, 0.05) is 26.1 Å². The molecule has 2 N–H and O–H groups in total. The number of rotatable bonds is 7. The first-order valence-corrected chi connectivity index (χ1v) is 8.14. The van der Waals surface area contributed by atoms with Crippen LogP contribution in [0.1, 0.15) is 58.8 Å². The lowest BCUT2D eigenvalue weighted by Gasteiger charge is -2.36. The second-order valence-electron chi connectivity index (χ2n) is 6.50. The summed E-state index contributed by atoms with van der Waals surface area (Å²) in [5.41, 5.74) is 0. The van der Waals surface area contributed by atoms with E-state index in [0.717, 1.165) is 12.8 Å². The van der Waals surface area contributed by atoms with Crippen LogP contribution in [0.15, 0.2) is 0 Å². The molecule has 1 aliphatic carbocycles. The number of carboxylic acids is 1. The van der Waals surface area contributed by atoms with E-state index < -0.39 is 5.97 Å². The third-order valence-electron chi connectivity index (χ3n) is 4.65. The average Bonchev–Trinajstić information content (AvgIpc) is 2.44. The molecule has 0 heterocycles. The highest BCUT2D eigenvalue weighted by molar-refractivity contribution is 5.74. The Kier molecular flexibility index (Phi) is 7.54. The molecule has 0 aromatic carbocycles. The van der Waals surface area contributed by atoms with Crippen molar-refractivity contribution < 1.29 is 14.7 Å². The Hall–Kier alpha value is -1.26. The largest absolute Gasteiger partial charge is 0.481 e. The van der Waals surface area contributed by atoms with Crippen molar-refractivity contribution in [3.8, 4) is 0 Å². The van der Waals surface area contributed by atoms with Gasteiger partial charge in [0.25, 0.3) is 0 Å². The van der Waals surface area contributed by atoms with E-state index in [1.165, 1.54) is 19.3 Å². The van der Waals surface area contributed by atoms with E-state index in [4.69, 9.17) is 5.11 Å². The molecule has 0 spiro atoms. The van der Waals surface area contributed by atoms with Crippen LogP contribution in [0.25, 0.3) is 0 Å². The molecule has 5 nitrogen and oxygen atoms in total. The van der Waals surface area contributed by atoms with Gasteiger partial charge in [-0.1, -0.05) is 26.7 Å². The molecule has 3 atom stereocenters. The smallest absolute Gasteiger partial charge is 0.317 e. The molecule has 0 saturated heterocycles. The minimum absolute atomic E-state index is 0.000755. The molecule has 0 aromatic rings. The molecule has 122 valence electrons. The first kappa shape index (κ1) is 17.8. The molecule has 0 aliphatic heterocycles. The second kappa shape index (κ2) is 8.90. The van der Waals surface area contributed by atoms with Crippen molar-refractivity contribution >= 4 is 12.0 Å². The zero-order valence-electron chi connectivity index (χ0n) is 13.6. The van der Waals surface area contributed by atoms with Gasteiger partial charge in [-0.2, -0.15) is 0 Å². The van der Waals surface area contributed by atoms with Gasteiger partial charge in [0.1, 0.15) is 0 Å². The van der Waals surface area contributed by atoms with Gasteiger partial charge in [-0.25, -0.2) is 4.79 Å². The van der Waals surface area contributed by atoms with Crippen molar-refractivity contribution in [3.63, 3.8) is 0 Å². The predicted molar refractivity (Wildman–Crippen MR) is 83.2 cm³/mol. The SMILES string of the molecule is CC(CCNC(=O)N(C)C1CCCCC1C)CCC(=O)O. The number of nitrogens with one attached hydrogen (secondary N) is 1. The monoisotopic (exact) mass is 298 g/mol. The van der Waals surface area contributed by atoms with Crippen molar-refractivity contribution in [2.24, 2.45) is 11.8 Å². The Morgan fingerprint density at radius 3 is 2.57 bits per heavy atom. The number of hydrogen-bond donors (Lipinski definition) is 2. The molecule has 1 rings (SSSR count). The van der Waals surface area contributed by atoms with Gasteiger partial charge in [0.2, 0.25) is 0 Å². The molecule has 2 amide bonds. The number of carboxylic acid groups (broad SMARTS) is 1. The highest BCUT2D eigenvalue weighted by atomic mass is 16.4. The van der Waals surface area contributed by atoms with E-state index in [9.17, 15) is 9.59 Å². The third-order valence-corrected chi connectivity index (χ3v) is 4.65. The van der Waals surface area contributed by atoms with Crippen LogP contribution in [0.3, 0.4) is 0 Å². The third kappa shape index (κ3) is 6.36. The van der Waals surface area contributed by atoms with Crippen LogP contribution in [-0.2, 0) is 4.79 Å². The van der Waals surface area contributed by atoms with Crippen molar-refractivity contribution in [1.82, 2.24) is 10.2 Å². The van der Waals surface area contributed by atoms with Gasteiger partial charge in [0.05, 0.1) is 0 Å². The molecule has 0 aromatic heterocycles. The maximum absolute atomic E-state index is 12.2. The number of amides is 2. The van der Waals surface area contributed by atoms with Crippen molar-refractivity contribution in [2.45, 2.75) is 64.8 Å². The zero-order valence-corrected chi connectivity index (χ0v) is 13.6. The lowest BCUT2D eigenvalue weighted by molar-refractivity contribution is -0.137. The number of hydrogen-bond acceptors (Lipinski definition) is 2. The fourth-order valence-electron chi connectivity index (χ4n) is 3.09. The lowest BCUT2D eigenvalue weighted by Crippen LogP contribution is -2.47. The molecule has 1 saturated carbocycles. The molecule has 21 heavy (non-hydrogen) atoms. The summed E-state index contributed by atoms with van der Waals surface area (Å²) in [5.74, 6) is 0.140. The summed E-state index contributed by atoms with van der Waals surface area (Å²) in [6, 6.07) is 0.349. The van der Waals surface area contributed by atoms with Crippen molar-refractivity contribution in [1.29, 1.82) is 0 Å². The van der Waals surface area contributed by atoms with E-state index in [2.05, 4.69) is 12.2 Å². The van der Waals surface area contributed by atoms with E-state index in [0.29, 0.717) is 30.8 Å². The minimum atomic E-state index is -0.753. The number of aliphatic carboxylic acids is 1. The number of nitrogens with zero attached hydrogens (tertiary/aromatic N) is 1.